The van der Waals surface area contributed by atoms with Crippen LogP contribution in [0.2, 0.25) is 0 Å². The quantitative estimate of drug-likeness (QED) is 0.236. The van der Waals surface area contributed by atoms with Crippen LogP contribution in [-0.2, 0) is 4.79 Å². The third-order valence-electron chi connectivity index (χ3n) is 5.48. The number of nitrogens with zero attached hydrogens (tertiary/aromatic N) is 5. The molecule has 0 saturated carbocycles. The molecule has 2 heterocycles. The molecule has 0 bridgehead atoms. The van der Waals surface area contributed by atoms with E-state index in [9.17, 15) is 14.9 Å². The lowest BCUT2D eigenvalue weighted by Crippen LogP contribution is -2.21. The second-order valence-electron chi connectivity index (χ2n) is 7.71. The number of amides is 1. The number of non-ortho nitro benzene ring substituents is 1. The van der Waals surface area contributed by atoms with E-state index in [-0.39, 0.29) is 11.6 Å². The van der Waals surface area contributed by atoms with Crippen molar-refractivity contribution in [1.29, 1.82) is 0 Å². The second-order valence-corrected chi connectivity index (χ2v) is 7.71. The van der Waals surface area contributed by atoms with Crippen molar-refractivity contribution in [3.05, 3.63) is 112 Å². The van der Waals surface area contributed by atoms with Crippen LogP contribution in [0.15, 0.2) is 102 Å². The molecular formula is C26H19N5O3. The van der Waals surface area contributed by atoms with Gasteiger partial charge in [0, 0.05) is 29.5 Å². The minimum absolute atomic E-state index is 0.00130. The van der Waals surface area contributed by atoms with Gasteiger partial charge in [-0.1, -0.05) is 36.4 Å². The molecule has 0 radical (unpaired) electrons. The number of hydrogen-bond donors (Lipinski definition) is 0. The summed E-state index contributed by atoms with van der Waals surface area (Å²) in [7, 11) is 0. The van der Waals surface area contributed by atoms with Gasteiger partial charge in [0.1, 0.15) is 0 Å². The summed E-state index contributed by atoms with van der Waals surface area (Å²) in [6, 6.07) is 25.0. The summed E-state index contributed by atoms with van der Waals surface area (Å²) in [5, 5.41) is 21.6. The third-order valence-corrected chi connectivity index (χ3v) is 5.48. The highest BCUT2D eigenvalue weighted by Crippen LogP contribution is 2.30. The van der Waals surface area contributed by atoms with E-state index in [0.717, 1.165) is 5.69 Å². The topological polar surface area (TPSA) is 93.6 Å². The fourth-order valence-electron chi connectivity index (χ4n) is 3.76. The number of hydrogen-bond acceptors (Lipinski definition) is 5. The molecule has 3 aromatic carbocycles. The van der Waals surface area contributed by atoms with Crippen LogP contribution in [0.3, 0.4) is 0 Å². The van der Waals surface area contributed by atoms with Crippen molar-refractivity contribution in [1.82, 2.24) is 9.78 Å². The van der Waals surface area contributed by atoms with Gasteiger partial charge in [0.25, 0.3) is 11.6 Å². The third kappa shape index (κ3) is 3.88. The average Bonchev–Trinajstić information content (AvgIpc) is 3.42. The van der Waals surface area contributed by atoms with Crippen LogP contribution in [0.5, 0.6) is 0 Å². The van der Waals surface area contributed by atoms with Gasteiger partial charge in [0.15, 0.2) is 0 Å². The van der Waals surface area contributed by atoms with E-state index in [2.05, 4.69) is 5.10 Å². The largest absolute Gasteiger partial charge is 0.280 e. The van der Waals surface area contributed by atoms with Crippen LogP contribution in [0, 0.1) is 10.1 Å². The Hall–Kier alpha value is -4.85. The second kappa shape index (κ2) is 8.59. The number of benzene rings is 3. The molecule has 0 unspecified atom stereocenters. The zero-order valence-corrected chi connectivity index (χ0v) is 18.2. The Morgan fingerprint density at radius 3 is 2.12 bits per heavy atom. The molecule has 0 aliphatic carbocycles. The molecule has 0 atom stereocenters. The summed E-state index contributed by atoms with van der Waals surface area (Å²) in [5.74, 6) is -0.231. The number of nitro groups is 1. The standard InChI is InChI=1S/C26H19N5O3/c1-18-24(26(32)30(27-18)22-10-6-3-7-11-22)16-20-17-29(21-8-4-2-5-9-21)28-25(20)19-12-14-23(15-13-19)31(33)34/h2-17H,1H3/b24-16+. The fourth-order valence-corrected chi connectivity index (χ4v) is 3.76. The molecule has 1 aliphatic rings. The average molecular weight is 449 g/mol. The molecule has 0 spiro atoms. The molecule has 34 heavy (non-hydrogen) atoms. The van der Waals surface area contributed by atoms with Gasteiger partial charge < -0.3 is 0 Å². The van der Waals surface area contributed by atoms with Gasteiger partial charge in [-0.05, 0) is 49.4 Å². The molecule has 1 amide bonds. The van der Waals surface area contributed by atoms with Crippen LogP contribution >= 0.6 is 0 Å². The van der Waals surface area contributed by atoms with Crippen molar-refractivity contribution in [2.24, 2.45) is 5.10 Å². The molecule has 4 aromatic rings. The number of carbonyl (C=O) groups is 1. The van der Waals surface area contributed by atoms with Crippen molar-refractivity contribution in [2.45, 2.75) is 6.92 Å². The summed E-state index contributed by atoms with van der Waals surface area (Å²) in [6.07, 6.45) is 3.61. The van der Waals surface area contributed by atoms with Crippen LogP contribution in [-0.4, -0.2) is 26.3 Å². The minimum Gasteiger partial charge on any atom is -0.267 e. The molecule has 1 aliphatic heterocycles. The van der Waals surface area contributed by atoms with E-state index in [4.69, 9.17) is 5.10 Å². The zero-order valence-electron chi connectivity index (χ0n) is 18.2. The van der Waals surface area contributed by atoms with Crippen LogP contribution in [0.1, 0.15) is 12.5 Å². The molecule has 0 saturated heterocycles. The molecule has 1 aromatic heterocycles. The highest BCUT2D eigenvalue weighted by atomic mass is 16.6. The van der Waals surface area contributed by atoms with Gasteiger partial charge in [0.05, 0.1) is 33.3 Å². The van der Waals surface area contributed by atoms with E-state index in [1.807, 2.05) is 66.9 Å². The maximum absolute atomic E-state index is 13.2. The lowest BCUT2D eigenvalue weighted by Gasteiger charge is -2.11. The SMILES string of the molecule is CC1=NN(c2ccccc2)C(=O)/C1=C/c1cn(-c2ccccc2)nc1-c1ccc([N+](=O)[O-])cc1. The Bertz CT molecular complexity index is 1440. The Labute approximate surface area is 195 Å². The molecule has 0 fully saturated rings. The Morgan fingerprint density at radius 2 is 1.50 bits per heavy atom. The fraction of sp³-hybridized carbons (Fsp3) is 0.0385. The molecule has 5 rings (SSSR count). The highest BCUT2D eigenvalue weighted by Gasteiger charge is 2.29. The van der Waals surface area contributed by atoms with Crippen LogP contribution in [0.4, 0.5) is 11.4 Å². The maximum atomic E-state index is 13.2. The molecule has 0 N–H and O–H groups in total. The van der Waals surface area contributed by atoms with E-state index in [1.54, 1.807) is 29.8 Å². The zero-order chi connectivity index (χ0) is 23.7. The van der Waals surface area contributed by atoms with Crippen molar-refractivity contribution in [3.8, 4) is 16.9 Å². The van der Waals surface area contributed by atoms with Crippen molar-refractivity contribution in [3.63, 3.8) is 0 Å². The number of rotatable bonds is 5. The number of carbonyl (C=O) groups excluding carboxylic acids is 1. The highest BCUT2D eigenvalue weighted by molar-refractivity contribution is 6.32. The van der Waals surface area contributed by atoms with Crippen LogP contribution in [0.25, 0.3) is 23.0 Å². The minimum atomic E-state index is -0.440. The normalized spacial score (nSPS) is 14.5. The van der Waals surface area contributed by atoms with Gasteiger partial charge >= 0.3 is 0 Å². The summed E-state index contributed by atoms with van der Waals surface area (Å²) in [5.41, 5.74) is 4.59. The van der Waals surface area contributed by atoms with Gasteiger partial charge in [-0.3, -0.25) is 14.9 Å². The molecule has 8 nitrogen and oxygen atoms in total. The Balaban J connectivity index is 1.60. The summed E-state index contributed by atoms with van der Waals surface area (Å²) in [4.78, 5) is 23.8. The monoisotopic (exact) mass is 449 g/mol. The van der Waals surface area contributed by atoms with Gasteiger partial charge in [-0.15, -0.1) is 0 Å². The number of nitro benzene ring substituents is 1. The maximum Gasteiger partial charge on any atom is 0.280 e. The summed E-state index contributed by atoms with van der Waals surface area (Å²) in [6.45, 7) is 1.79. The first-order valence-corrected chi connectivity index (χ1v) is 10.6. The Morgan fingerprint density at radius 1 is 0.882 bits per heavy atom. The smallest absolute Gasteiger partial charge is 0.267 e. The molecule has 8 heteroatoms. The first-order valence-electron chi connectivity index (χ1n) is 10.6. The summed E-state index contributed by atoms with van der Waals surface area (Å²) >= 11 is 0. The van der Waals surface area contributed by atoms with Gasteiger partial charge in [-0.2, -0.15) is 15.2 Å². The lowest BCUT2D eigenvalue weighted by molar-refractivity contribution is -0.384. The van der Waals surface area contributed by atoms with Crippen molar-refractivity contribution >= 4 is 29.1 Å². The van der Waals surface area contributed by atoms with E-state index in [0.29, 0.717) is 33.8 Å². The van der Waals surface area contributed by atoms with Crippen molar-refractivity contribution in [2.75, 3.05) is 5.01 Å². The van der Waals surface area contributed by atoms with E-state index >= 15 is 0 Å². The van der Waals surface area contributed by atoms with Crippen molar-refractivity contribution < 1.29 is 9.72 Å². The van der Waals surface area contributed by atoms with E-state index in [1.165, 1.54) is 17.1 Å². The molecule has 166 valence electrons. The lowest BCUT2D eigenvalue weighted by atomic mass is 10.0. The molecular weight excluding hydrogens is 430 g/mol. The number of aromatic nitrogens is 2. The van der Waals surface area contributed by atoms with E-state index < -0.39 is 4.92 Å². The van der Waals surface area contributed by atoms with Gasteiger partial charge in [0.2, 0.25) is 0 Å². The van der Waals surface area contributed by atoms with Gasteiger partial charge in [-0.25, -0.2) is 4.68 Å². The number of hydrazone groups is 1. The predicted octanol–water partition coefficient (Wildman–Crippen LogP) is 5.25. The predicted molar refractivity (Wildman–Crippen MR) is 131 cm³/mol. The first kappa shape index (κ1) is 21.0. The number of anilines is 1. The number of para-hydroxylation sites is 2. The Kier molecular flexibility index (Phi) is 5.31. The first-order chi connectivity index (χ1) is 16.5. The summed E-state index contributed by atoms with van der Waals surface area (Å²) < 4.78 is 1.73. The van der Waals surface area contributed by atoms with Crippen LogP contribution < -0.4 is 5.01 Å².